The molecule has 7 heteroatoms. The van der Waals surface area contributed by atoms with Crippen molar-refractivity contribution >= 4 is 23.3 Å². The van der Waals surface area contributed by atoms with Crippen molar-refractivity contribution in [3.63, 3.8) is 0 Å². The smallest absolute Gasteiger partial charge is 0.323 e. The minimum Gasteiger partial charge on any atom is -0.383 e. The number of ether oxygens (including phenoxy) is 1. The lowest BCUT2D eigenvalue weighted by atomic mass is 10.1. The number of hydrogen-bond acceptors (Lipinski definition) is 3. The summed E-state index contributed by atoms with van der Waals surface area (Å²) in [5.41, 5.74) is 1.91. The van der Waals surface area contributed by atoms with E-state index in [0.29, 0.717) is 24.5 Å². The number of anilines is 2. The van der Waals surface area contributed by atoms with Crippen LogP contribution >= 0.6 is 0 Å². The average molecular weight is 345 g/mol. The van der Waals surface area contributed by atoms with E-state index in [-0.39, 0.29) is 18.1 Å². The Labute approximate surface area is 145 Å². The molecule has 0 aromatic heterocycles. The summed E-state index contributed by atoms with van der Waals surface area (Å²) in [5, 5.41) is 8.01. The van der Waals surface area contributed by atoms with Crippen LogP contribution in [0.15, 0.2) is 48.5 Å². The van der Waals surface area contributed by atoms with Crippen molar-refractivity contribution in [2.24, 2.45) is 0 Å². The molecule has 0 atom stereocenters. The Morgan fingerprint density at radius 3 is 2.08 bits per heavy atom. The van der Waals surface area contributed by atoms with E-state index in [1.165, 1.54) is 24.3 Å². The molecule has 2 aromatic carbocycles. The number of benzene rings is 2. The van der Waals surface area contributed by atoms with Crippen molar-refractivity contribution in [3.8, 4) is 0 Å². The molecule has 0 spiro atoms. The highest BCUT2D eigenvalue weighted by Gasteiger charge is 2.05. The largest absolute Gasteiger partial charge is 0.383 e. The van der Waals surface area contributed by atoms with Crippen LogP contribution in [0.4, 0.5) is 20.6 Å². The normalized spacial score (nSPS) is 10.2. The maximum Gasteiger partial charge on any atom is 0.323 e. The lowest BCUT2D eigenvalue weighted by Crippen LogP contribution is -2.28. The van der Waals surface area contributed by atoms with Gasteiger partial charge in [-0.2, -0.15) is 0 Å². The molecule has 0 unspecified atom stereocenters. The first-order chi connectivity index (χ1) is 12.1. The Bertz CT molecular complexity index is 703. The topological polar surface area (TPSA) is 79.5 Å². The Balaban J connectivity index is 1.82. The van der Waals surface area contributed by atoms with Crippen LogP contribution in [-0.2, 0) is 16.0 Å². The summed E-state index contributed by atoms with van der Waals surface area (Å²) >= 11 is 0. The molecule has 0 fully saturated rings. The molecule has 0 radical (unpaired) electrons. The monoisotopic (exact) mass is 345 g/mol. The first kappa shape index (κ1) is 18.4. The number of carbonyl (C=O) groups excluding carboxylic acids is 2. The van der Waals surface area contributed by atoms with Gasteiger partial charge >= 0.3 is 6.03 Å². The maximum absolute atomic E-state index is 12.8. The molecular weight excluding hydrogens is 325 g/mol. The van der Waals surface area contributed by atoms with Crippen LogP contribution in [-0.4, -0.2) is 32.2 Å². The molecule has 3 N–H and O–H groups in total. The van der Waals surface area contributed by atoms with Crippen molar-refractivity contribution < 1.29 is 18.7 Å². The molecule has 25 heavy (non-hydrogen) atoms. The zero-order valence-electron chi connectivity index (χ0n) is 13.8. The van der Waals surface area contributed by atoms with Crippen molar-refractivity contribution in [3.05, 3.63) is 59.9 Å². The van der Waals surface area contributed by atoms with Gasteiger partial charge in [0.05, 0.1) is 13.0 Å². The number of amides is 3. The van der Waals surface area contributed by atoms with Crippen molar-refractivity contribution in [1.29, 1.82) is 0 Å². The molecule has 2 aromatic rings. The summed E-state index contributed by atoms with van der Waals surface area (Å²) in [5.74, 6) is -0.459. The fraction of sp³-hybridized carbons (Fsp3) is 0.222. The van der Waals surface area contributed by atoms with Crippen molar-refractivity contribution in [2.45, 2.75) is 6.42 Å². The Kier molecular flexibility index (Phi) is 6.91. The molecule has 0 heterocycles. The van der Waals surface area contributed by atoms with Crippen LogP contribution in [0.2, 0.25) is 0 Å². The maximum atomic E-state index is 12.8. The molecule has 0 aliphatic heterocycles. The van der Waals surface area contributed by atoms with Gasteiger partial charge in [0.2, 0.25) is 5.91 Å². The number of nitrogens with one attached hydrogen (secondary N) is 3. The van der Waals surface area contributed by atoms with E-state index < -0.39 is 6.03 Å². The first-order valence-corrected chi connectivity index (χ1v) is 7.75. The highest BCUT2D eigenvalue weighted by molar-refractivity contribution is 5.99. The summed E-state index contributed by atoms with van der Waals surface area (Å²) < 4.78 is 17.7. The van der Waals surface area contributed by atoms with E-state index in [0.717, 1.165) is 5.56 Å². The fourth-order valence-electron chi connectivity index (χ4n) is 2.07. The second kappa shape index (κ2) is 9.39. The summed E-state index contributed by atoms with van der Waals surface area (Å²) in [6.45, 7) is 0.941. The van der Waals surface area contributed by atoms with Gasteiger partial charge in [-0.15, -0.1) is 0 Å². The van der Waals surface area contributed by atoms with Gasteiger partial charge in [-0.05, 0) is 42.0 Å². The molecule has 3 amide bonds. The van der Waals surface area contributed by atoms with E-state index >= 15 is 0 Å². The summed E-state index contributed by atoms with van der Waals surface area (Å²) in [6, 6.07) is 12.0. The number of hydrogen-bond donors (Lipinski definition) is 3. The molecule has 0 bridgehead atoms. The fourth-order valence-corrected chi connectivity index (χ4v) is 2.07. The molecule has 0 saturated heterocycles. The Morgan fingerprint density at radius 1 is 0.960 bits per heavy atom. The number of halogens is 1. The second-order valence-corrected chi connectivity index (χ2v) is 5.30. The first-order valence-electron chi connectivity index (χ1n) is 7.75. The van der Waals surface area contributed by atoms with E-state index in [1.54, 1.807) is 31.4 Å². The van der Waals surface area contributed by atoms with Crippen molar-refractivity contribution in [2.75, 3.05) is 30.9 Å². The van der Waals surface area contributed by atoms with Crippen LogP contribution in [0.25, 0.3) is 0 Å². The summed E-state index contributed by atoms with van der Waals surface area (Å²) in [4.78, 5) is 23.6. The predicted octanol–water partition coefficient (Wildman–Crippen LogP) is 2.77. The van der Waals surface area contributed by atoms with Crippen LogP contribution in [0, 0.1) is 5.82 Å². The van der Waals surface area contributed by atoms with E-state index in [1.807, 2.05) is 0 Å². The van der Waals surface area contributed by atoms with E-state index in [4.69, 9.17) is 4.74 Å². The van der Waals surface area contributed by atoms with Gasteiger partial charge in [-0.3, -0.25) is 4.79 Å². The lowest BCUT2D eigenvalue weighted by molar-refractivity contribution is -0.120. The van der Waals surface area contributed by atoms with E-state index in [9.17, 15) is 14.0 Å². The SMILES string of the molecule is COCCNC(=O)Cc1ccc(NC(=O)Nc2ccc(F)cc2)cc1. The average Bonchev–Trinajstić information content (AvgIpc) is 2.59. The van der Waals surface area contributed by atoms with Crippen LogP contribution in [0.3, 0.4) is 0 Å². The predicted molar refractivity (Wildman–Crippen MR) is 94.1 cm³/mol. The molecule has 6 nitrogen and oxygen atoms in total. The zero-order chi connectivity index (χ0) is 18.1. The summed E-state index contributed by atoms with van der Waals surface area (Å²) in [6.07, 6.45) is 0.256. The Hall–Kier alpha value is -2.93. The van der Waals surface area contributed by atoms with Gasteiger partial charge in [0.25, 0.3) is 0 Å². The summed E-state index contributed by atoms with van der Waals surface area (Å²) in [7, 11) is 1.57. The third-order valence-corrected chi connectivity index (χ3v) is 3.31. The molecule has 132 valence electrons. The molecule has 0 aliphatic rings. The van der Waals surface area contributed by atoms with E-state index in [2.05, 4.69) is 16.0 Å². The van der Waals surface area contributed by atoms with Crippen LogP contribution in [0.1, 0.15) is 5.56 Å². The molecule has 0 saturated carbocycles. The van der Waals surface area contributed by atoms with Crippen molar-refractivity contribution in [1.82, 2.24) is 5.32 Å². The minimum absolute atomic E-state index is 0.0909. The third kappa shape index (κ3) is 6.60. The minimum atomic E-state index is -0.434. The highest BCUT2D eigenvalue weighted by atomic mass is 19.1. The molecule has 0 aliphatic carbocycles. The van der Waals surface area contributed by atoms with Gasteiger partial charge < -0.3 is 20.7 Å². The number of urea groups is 1. The van der Waals surface area contributed by atoms with Crippen LogP contribution < -0.4 is 16.0 Å². The number of rotatable bonds is 7. The van der Waals surface area contributed by atoms with Crippen LogP contribution in [0.5, 0.6) is 0 Å². The number of methoxy groups -OCH3 is 1. The third-order valence-electron chi connectivity index (χ3n) is 3.31. The van der Waals surface area contributed by atoms with Gasteiger partial charge in [0, 0.05) is 25.0 Å². The standard InChI is InChI=1S/C18H20FN3O3/c1-25-11-10-20-17(23)12-13-2-6-15(7-3-13)21-18(24)22-16-8-4-14(19)5-9-16/h2-9H,10-12H2,1H3,(H,20,23)(H2,21,22,24). The second-order valence-electron chi connectivity index (χ2n) is 5.30. The quantitative estimate of drug-likeness (QED) is 0.675. The van der Waals surface area contributed by atoms with Gasteiger partial charge in [-0.1, -0.05) is 12.1 Å². The Morgan fingerprint density at radius 2 is 1.52 bits per heavy atom. The highest BCUT2D eigenvalue weighted by Crippen LogP contribution is 2.12. The molecule has 2 rings (SSSR count). The van der Waals surface area contributed by atoms with Gasteiger partial charge in [0.1, 0.15) is 5.82 Å². The number of carbonyl (C=O) groups is 2. The van der Waals surface area contributed by atoms with Gasteiger partial charge in [0.15, 0.2) is 0 Å². The zero-order valence-corrected chi connectivity index (χ0v) is 13.8. The lowest BCUT2D eigenvalue weighted by Gasteiger charge is -2.09. The molecular formula is C18H20FN3O3. The van der Waals surface area contributed by atoms with Gasteiger partial charge in [-0.25, -0.2) is 9.18 Å².